The van der Waals surface area contributed by atoms with E-state index < -0.39 is 0 Å². The van der Waals surface area contributed by atoms with E-state index in [1.165, 1.54) is 17.5 Å². The number of anilines is 1. The third-order valence-electron chi connectivity index (χ3n) is 8.03. The van der Waals surface area contributed by atoms with Crippen LogP contribution in [0.1, 0.15) is 54.4 Å². The van der Waals surface area contributed by atoms with E-state index in [1.54, 1.807) is 6.21 Å². The van der Waals surface area contributed by atoms with Crippen LogP contribution in [0, 0.1) is 0 Å². The molecule has 0 bridgehead atoms. The quantitative estimate of drug-likeness (QED) is 0.199. The minimum atomic E-state index is -0.139. The molecule has 192 valence electrons. The van der Waals surface area contributed by atoms with E-state index in [1.807, 2.05) is 53.1 Å². The van der Waals surface area contributed by atoms with Crippen molar-refractivity contribution in [2.75, 3.05) is 5.43 Å². The monoisotopic (exact) mass is 566 g/mol. The van der Waals surface area contributed by atoms with Gasteiger partial charge in [0.1, 0.15) is 0 Å². The summed E-state index contributed by atoms with van der Waals surface area (Å²) in [6, 6.07) is 26.7. The SMILES string of the molecule is O=c1c2c(nc(N/N=C\c3ccc(Br)cc3)n1CCc1ccccc1)-c1ccccc1CC21CCCCC1. The summed E-state index contributed by atoms with van der Waals surface area (Å²) in [7, 11) is 0. The van der Waals surface area contributed by atoms with Crippen molar-refractivity contribution in [3.8, 4) is 11.3 Å². The topological polar surface area (TPSA) is 59.3 Å². The Labute approximate surface area is 231 Å². The molecule has 1 saturated carbocycles. The van der Waals surface area contributed by atoms with Crippen LogP contribution >= 0.6 is 15.9 Å². The Kier molecular flexibility index (Phi) is 6.98. The van der Waals surface area contributed by atoms with E-state index in [-0.39, 0.29) is 11.0 Å². The Hall–Kier alpha value is -3.51. The maximum atomic E-state index is 14.4. The number of nitrogens with one attached hydrogen (secondary N) is 1. The molecule has 0 saturated heterocycles. The van der Waals surface area contributed by atoms with Crippen LogP contribution in [0.4, 0.5) is 5.95 Å². The smallest absolute Gasteiger partial charge is 0.259 e. The van der Waals surface area contributed by atoms with E-state index in [0.717, 1.165) is 65.4 Å². The highest BCUT2D eigenvalue weighted by Gasteiger charge is 2.43. The number of hydrogen-bond donors (Lipinski definition) is 1. The Bertz CT molecular complexity index is 1520. The highest BCUT2D eigenvalue weighted by molar-refractivity contribution is 9.10. The molecule has 38 heavy (non-hydrogen) atoms. The van der Waals surface area contributed by atoms with Gasteiger partial charge in [-0.25, -0.2) is 10.4 Å². The molecule has 0 amide bonds. The van der Waals surface area contributed by atoms with Crippen molar-refractivity contribution < 1.29 is 0 Å². The molecule has 1 spiro atoms. The standard InChI is InChI=1S/C32H31BrN4O/c33-26-15-13-24(14-16-26)22-34-36-31-35-29-27-12-6-5-11-25(27)21-32(18-7-2-8-19-32)28(29)30(38)37(31)20-17-23-9-3-1-4-10-23/h1,3-6,9-16,22H,2,7-8,17-21H2,(H,35,36)/b34-22-. The van der Waals surface area contributed by atoms with Crippen molar-refractivity contribution in [1.82, 2.24) is 9.55 Å². The van der Waals surface area contributed by atoms with Gasteiger partial charge in [-0.1, -0.05) is 102 Å². The summed E-state index contributed by atoms with van der Waals surface area (Å²) in [4.78, 5) is 19.6. The molecule has 1 fully saturated rings. The fraction of sp³-hybridized carbons (Fsp3) is 0.281. The zero-order chi connectivity index (χ0) is 26.0. The zero-order valence-electron chi connectivity index (χ0n) is 21.4. The summed E-state index contributed by atoms with van der Waals surface area (Å²) >= 11 is 3.47. The second kappa shape index (κ2) is 10.7. The number of halogens is 1. The lowest BCUT2D eigenvalue weighted by molar-refractivity contribution is 0.283. The maximum Gasteiger partial charge on any atom is 0.259 e. The van der Waals surface area contributed by atoms with Gasteiger partial charge in [-0.05, 0) is 54.5 Å². The molecule has 6 heteroatoms. The van der Waals surface area contributed by atoms with Crippen LogP contribution in [-0.2, 0) is 24.8 Å². The van der Waals surface area contributed by atoms with Gasteiger partial charge in [0.25, 0.3) is 5.56 Å². The normalized spacial score (nSPS) is 15.8. The van der Waals surface area contributed by atoms with Crippen molar-refractivity contribution in [2.24, 2.45) is 5.10 Å². The predicted octanol–water partition coefficient (Wildman–Crippen LogP) is 7.12. The minimum absolute atomic E-state index is 0.0728. The van der Waals surface area contributed by atoms with Crippen molar-refractivity contribution in [3.63, 3.8) is 0 Å². The molecular weight excluding hydrogens is 536 g/mol. The highest BCUT2D eigenvalue weighted by Crippen LogP contribution is 2.48. The number of rotatable bonds is 6. The number of nitrogens with zero attached hydrogens (tertiary/aromatic N) is 3. The lowest BCUT2D eigenvalue weighted by Crippen LogP contribution is -2.43. The largest absolute Gasteiger partial charge is 0.277 e. The van der Waals surface area contributed by atoms with Gasteiger partial charge in [0.15, 0.2) is 0 Å². The van der Waals surface area contributed by atoms with Gasteiger partial charge >= 0.3 is 0 Å². The van der Waals surface area contributed by atoms with Gasteiger partial charge in [-0.2, -0.15) is 5.10 Å². The van der Waals surface area contributed by atoms with Gasteiger partial charge < -0.3 is 0 Å². The van der Waals surface area contributed by atoms with Gasteiger partial charge in [0.05, 0.1) is 17.5 Å². The van der Waals surface area contributed by atoms with Crippen LogP contribution in [-0.4, -0.2) is 15.8 Å². The van der Waals surface area contributed by atoms with Crippen molar-refractivity contribution >= 4 is 28.1 Å². The van der Waals surface area contributed by atoms with E-state index in [4.69, 9.17) is 4.98 Å². The van der Waals surface area contributed by atoms with Gasteiger partial charge in [-0.3, -0.25) is 9.36 Å². The summed E-state index contributed by atoms with van der Waals surface area (Å²) < 4.78 is 2.83. The summed E-state index contributed by atoms with van der Waals surface area (Å²) in [5.74, 6) is 0.487. The third-order valence-corrected chi connectivity index (χ3v) is 8.56. The first-order valence-electron chi connectivity index (χ1n) is 13.5. The lowest BCUT2D eigenvalue weighted by atomic mass is 9.62. The average molecular weight is 568 g/mol. The molecule has 4 aromatic rings. The highest BCUT2D eigenvalue weighted by atomic mass is 79.9. The second-order valence-electron chi connectivity index (χ2n) is 10.4. The summed E-state index contributed by atoms with van der Waals surface area (Å²) in [5.41, 5.74) is 9.33. The van der Waals surface area contributed by atoms with Crippen LogP contribution in [0.5, 0.6) is 0 Å². The molecule has 0 unspecified atom stereocenters. The van der Waals surface area contributed by atoms with Crippen molar-refractivity contribution in [1.29, 1.82) is 0 Å². The van der Waals surface area contributed by atoms with E-state index in [9.17, 15) is 4.79 Å². The number of aryl methyl sites for hydroxylation is 1. The molecule has 5 nitrogen and oxygen atoms in total. The second-order valence-corrected chi connectivity index (χ2v) is 11.4. The maximum absolute atomic E-state index is 14.4. The Morgan fingerprint density at radius 2 is 1.68 bits per heavy atom. The average Bonchev–Trinajstić information content (AvgIpc) is 2.94. The van der Waals surface area contributed by atoms with Crippen molar-refractivity contribution in [2.45, 2.75) is 56.9 Å². The molecule has 1 N–H and O–H groups in total. The van der Waals surface area contributed by atoms with E-state index in [0.29, 0.717) is 12.5 Å². The van der Waals surface area contributed by atoms with Crippen LogP contribution in [0.2, 0.25) is 0 Å². The van der Waals surface area contributed by atoms with E-state index in [2.05, 4.69) is 56.8 Å². The molecule has 6 rings (SSSR count). The summed E-state index contributed by atoms with van der Waals surface area (Å²) in [6.45, 7) is 0.539. The molecule has 1 heterocycles. The molecule has 0 aliphatic heterocycles. The number of hydrogen-bond acceptors (Lipinski definition) is 4. The van der Waals surface area contributed by atoms with E-state index >= 15 is 0 Å². The molecule has 2 aliphatic rings. The molecule has 3 aromatic carbocycles. The molecule has 0 radical (unpaired) electrons. The predicted molar refractivity (Wildman–Crippen MR) is 158 cm³/mol. The first-order valence-corrected chi connectivity index (χ1v) is 14.2. The van der Waals surface area contributed by atoms with Crippen LogP contribution in [0.25, 0.3) is 11.3 Å². The van der Waals surface area contributed by atoms with Crippen LogP contribution in [0.3, 0.4) is 0 Å². The van der Waals surface area contributed by atoms with Crippen LogP contribution in [0.15, 0.2) is 93.2 Å². The van der Waals surface area contributed by atoms with Gasteiger partial charge in [-0.15, -0.1) is 0 Å². The zero-order valence-corrected chi connectivity index (χ0v) is 23.0. The fourth-order valence-electron chi connectivity index (χ4n) is 6.13. The first kappa shape index (κ1) is 24.8. The van der Waals surface area contributed by atoms with Gasteiger partial charge in [0, 0.05) is 22.0 Å². The fourth-order valence-corrected chi connectivity index (χ4v) is 6.40. The molecule has 1 aromatic heterocycles. The third kappa shape index (κ3) is 4.85. The molecule has 0 atom stereocenters. The first-order chi connectivity index (χ1) is 18.6. The number of hydrazone groups is 1. The van der Waals surface area contributed by atoms with Crippen LogP contribution < -0.4 is 11.0 Å². The lowest BCUT2D eigenvalue weighted by Gasteiger charge is -2.42. The van der Waals surface area contributed by atoms with Crippen molar-refractivity contribution in [3.05, 3.63) is 116 Å². The van der Waals surface area contributed by atoms with Gasteiger partial charge in [0.2, 0.25) is 5.95 Å². The summed E-state index contributed by atoms with van der Waals surface area (Å²) in [6.07, 6.45) is 9.05. The number of benzene rings is 3. The number of fused-ring (bicyclic) bond motifs is 4. The number of aromatic nitrogens is 2. The Balaban J connectivity index is 1.46. The molecule has 2 aliphatic carbocycles. The Morgan fingerprint density at radius 3 is 2.47 bits per heavy atom. The molecular formula is C32H31BrN4O. The summed E-state index contributed by atoms with van der Waals surface area (Å²) in [5, 5.41) is 4.49. The Morgan fingerprint density at radius 1 is 0.947 bits per heavy atom. The minimum Gasteiger partial charge on any atom is -0.277 e.